The molecule has 7 heteroatoms. The van der Waals surface area contributed by atoms with E-state index in [2.05, 4.69) is 5.32 Å². The van der Waals surface area contributed by atoms with Gasteiger partial charge in [-0.1, -0.05) is 55.5 Å². The molecule has 0 aliphatic heterocycles. The third-order valence-electron chi connectivity index (χ3n) is 5.03. The first kappa shape index (κ1) is 23.3. The maximum absolute atomic E-state index is 13.3. The summed E-state index contributed by atoms with van der Waals surface area (Å²) in [5.41, 5.74) is 2.54. The lowest BCUT2D eigenvalue weighted by Crippen LogP contribution is -2.41. The van der Waals surface area contributed by atoms with Crippen molar-refractivity contribution in [1.29, 1.82) is 0 Å². The summed E-state index contributed by atoms with van der Waals surface area (Å²) < 4.78 is 33.4. The van der Waals surface area contributed by atoms with Crippen LogP contribution in [0.1, 0.15) is 18.1 Å². The number of carbonyl (C=O) groups is 1. The second-order valence-corrected chi connectivity index (χ2v) is 9.17. The lowest BCUT2D eigenvalue weighted by Gasteiger charge is -2.24. The van der Waals surface area contributed by atoms with E-state index in [0.29, 0.717) is 5.69 Å². The third kappa shape index (κ3) is 5.88. The number of hydrogen-bond acceptors (Lipinski definition) is 4. The molecule has 32 heavy (non-hydrogen) atoms. The van der Waals surface area contributed by atoms with Gasteiger partial charge in [0.1, 0.15) is 18.9 Å². The Labute approximate surface area is 189 Å². The molecule has 0 aromatic heterocycles. The van der Waals surface area contributed by atoms with Gasteiger partial charge in [-0.15, -0.1) is 0 Å². The van der Waals surface area contributed by atoms with Gasteiger partial charge in [-0.3, -0.25) is 9.10 Å². The highest BCUT2D eigenvalue weighted by molar-refractivity contribution is 7.92. The van der Waals surface area contributed by atoms with E-state index in [1.807, 2.05) is 50.2 Å². The van der Waals surface area contributed by atoms with Crippen molar-refractivity contribution in [3.63, 3.8) is 0 Å². The van der Waals surface area contributed by atoms with Gasteiger partial charge >= 0.3 is 0 Å². The summed E-state index contributed by atoms with van der Waals surface area (Å²) in [6, 6.07) is 23.0. The predicted octanol–water partition coefficient (Wildman–Crippen LogP) is 3.95. The molecule has 6 nitrogen and oxygen atoms in total. The van der Waals surface area contributed by atoms with Gasteiger partial charge in [-0.25, -0.2) is 8.42 Å². The summed E-state index contributed by atoms with van der Waals surface area (Å²) in [6.45, 7) is 4.20. The topological polar surface area (TPSA) is 75.7 Å². The molecule has 0 saturated heterocycles. The number of rotatable bonds is 10. The van der Waals surface area contributed by atoms with E-state index in [0.717, 1.165) is 27.6 Å². The highest BCUT2D eigenvalue weighted by Gasteiger charge is 2.27. The lowest BCUT2D eigenvalue weighted by atomic mass is 10.1. The molecule has 1 amide bonds. The van der Waals surface area contributed by atoms with Crippen LogP contribution < -0.4 is 14.4 Å². The summed E-state index contributed by atoms with van der Waals surface area (Å²) in [7, 11) is -3.91. The Hall–Kier alpha value is -3.32. The van der Waals surface area contributed by atoms with Crippen LogP contribution in [0, 0.1) is 6.92 Å². The predicted molar refractivity (Wildman–Crippen MR) is 126 cm³/mol. The molecule has 0 radical (unpaired) electrons. The van der Waals surface area contributed by atoms with Crippen LogP contribution in [-0.4, -0.2) is 34.0 Å². The van der Waals surface area contributed by atoms with Crippen LogP contribution in [-0.2, 0) is 21.2 Å². The third-order valence-corrected chi connectivity index (χ3v) is 6.81. The van der Waals surface area contributed by atoms with Gasteiger partial charge in [-0.2, -0.15) is 0 Å². The zero-order valence-electron chi connectivity index (χ0n) is 18.3. The number of ether oxygens (including phenoxy) is 1. The van der Waals surface area contributed by atoms with Crippen LogP contribution >= 0.6 is 0 Å². The molecule has 0 bridgehead atoms. The monoisotopic (exact) mass is 452 g/mol. The fourth-order valence-electron chi connectivity index (χ4n) is 3.19. The van der Waals surface area contributed by atoms with Crippen LogP contribution in [0.25, 0.3) is 0 Å². The van der Waals surface area contributed by atoms with Crippen molar-refractivity contribution >= 4 is 21.6 Å². The van der Waals surface area contributed by atoms with Gasteiger partial charge in [0, 0.05) is 0 Å². The molecule has 0 aliphatic carbocycles. The van der Waals surface area contributed by atoms with Gasteiger partial charge in [0.2, 0.25) is 5.91 Å². The van der Waals surface area contributed by atoms with Crippen LogP contribution in [0.15, 0.2) is 83.8 Å². The lowest BCUT2D eigenvalue weighted by molar-refractivity contribution is -0.119. The van der Waals surface area contributed by atoms with E-state index in [4.69, 9.17) is 4.74 Å². The smallest absolute Gasteiger partial charge is 0.264 e. The summed E-state index contributed by atoms with van der Waals surface area (Å²) >= 11 is 0. The molecule has 0 spiro atoms. The molecule has 0 atom stereocenters. The van der Waals surface area contributed by atoms with Crippen LogP contribution in [0.2, 0.25) is 0 Å². The largest absolute Gasteiger partial charge is 0.491 e. The summed E-state index contributed by atoms with van der Waals surface area (Å²) in [6.07, 6.45) is 0.840. The zero-order chi connectivity index (χ0) is 23.0. The highest BCUT2D eigenvalue weighted by atomic mass is 32.2. The average Bonchev–Trinajstić information content (AvgIpc) is 2.82. The van der Waals surface area contributed by atoms with Crippen molar-refractivity contribution in [3.8, 4) is 5.75 Å². The summed E-state index contributed by atoms with van der Waals surface area (Å²) in [5.74, 6) is 0.350. The standard InChI is InChI=1S/C25H28N2O4S/c1-3-21-13-15-22(16-14-21)27(32(29,30)23-10-5-4-6-11-23)19-25(28)26-17-18-31-24-12-8-7-9-20(24)2/h4-16H,3,17-19H2,1-2H3,(H,26,28). The van der Waals surface area contributed by atoms with E-state index in [1.54, 1.807) is 30.3 Å². The highest BCUT2D eigenvalue weighted by Crippen LogP contribution is 2.24. The minimum absolute atomic E-state index is 0.134. The molecule has 3 rings (SSSR count). The molecular formula is C25H28N2O4S. The molecular weight excluding hydrogens is 424 g/mol. The first-order chi connectivity index (χ1) is 15.4. The Morgan fingerprint density at radius 1 is 0.938 bits per heavy atom. The maximum atomic E-state index is 13.3. The molecule has 0 saturated carbocycles. The quantitative estimate of drug-likeness (QED) is 0.473. The Balaban J connectivity index is 1.70. The van der Waals surface area contributed by atoms with Gasteiger partial charge in [0.05, 0.1) is 17.1 Å². The Bertz CT molecular complexity index is 1130. The number of hydrogen-bond donors (Lipinski definition) is 1. The fourth-order valence-corrected chi connectivity index (χ4v) is 4.63. The SMILES string of the molecule is CCc1ccc(N(CC(=O)NCCOc2ccccc2C)S(=O)(=O)c2ccccc2)cc1. The second-order valence-electron chi connectivity index (χ2n) is 7.31. The van der Waals surface area contributed by atoms with E-state index in [9.17, 15) is 13.2 Å². The number of nitrogens with zero attached hydrogens (tertiary/aromatic N) is 1. The summed E-state index contributed by atoms with van der Waals surface area (Å²) in [4.78, 5) is 12.8. The van der Waals surface area contributed by atoms with Gasteiger partial charge < -0.3 is 10.1 Å². The van der Waals surface area contributed by atoms with Gasteiger partial charge in [0.25, 0.3) is 10.0 Å². The minimum atomic E-state index is -3.91. The fraction of sp³-hybridized carbons (Fsp3) is 0.240. The van der Waals surface area contributed by atoms with Crippen molar-refractivity contribution in [2.24, 2.45) is 0 Å². The van der Waals surface area contributed by atoms with Gasteiger partial charge in [0.15, 0.2) is 0 Å². The van der Waals surface area contributed by atoms with Crippen molar-refractivity contribution in [2.75, 3.05) is 24.0 Å². The number of aryl methyl sites for hydroxylation is 2. The van der Waals surface area contributed by atoms with Crippen molar-refractivity contribution in [2.45, 2.75) is 25.2 Å². The van der Waals surface area contributed by atoms with E-state index in [1.165, 1.54) is 12.1 Å². The molecule has 168 valence electrons. The number of anilines is 1. The Morgan fingerprint density at radius 3 is 2.25 bits per heavy atom. The molecule has 0 heterocycles. The average molecular weight is 453 g/mol. The van der Waals surface area contributed by atoms with Crippen LogP contribution in [0.5, 0.6) is 5.75 Å². The maximum Gasteiger partial charge on any atom is 0.264 e. The first-order valence-electron chi connectivity index (χ1n) is 10.5. The zero-order valence-corrected chi connectivity index (χ0v) is 19.1. The number of carbonyl (C=O) groups excluding carboxylic acids is 1. The van der Waals surface area contributed by atoms with E-state index < -0.39 is 15.9 Å². The summed E-state index contributed by atoms with van der Waals surface area (Å²) in [5, 5.41) is 2.75. The first-order valence-corrected chi connectivity index (χ1v) is 12.0. The second kappa shape index (κ2) is 10.8. The Morgan fingerprint density at radius 2 is 1.59 bits per heavy atom. The minimum Gasteiger partial charge on any atom is -0.491 e. The van der Waals surface area contributed by atoms with Crippen LogP contribution in [0.3, 0.4) is 0 Å². The molecule has 3 aromatic carbocycles. The molecule has 1 N–H and O–H groups in total. The molecule has 0 fully saturated rings. The number of sulfonamides is 1. The van der Waals surface area contributed by atoms with E-state index in [-0.39, 0.29) is 24.6 Å². The van der Waals surface area contributed by atoms with Crippen molar-refractivity contribution < 1.29 is 17.9 Å². The normalized spacial score (nSPS) is 11.1. The van der Waals surface area contributed by atoms with Crippen molar-refractivity contribution in [1.82, 2.24) is 5.32 Å². The number of amides is 1. The molecule has 0 unspecified atom stereocenters. The van der Waals surface area contributed by atoms with Crippen LogP contribution in [0.4, 0.5) is 5.69 Å². The number of nitrogens with one attached hydrogen (secondary N) is 1. The molecule has 0 aliphatic rings. The number of benzene rings is 3. The van der Waals surface area contributed by atoms with Crippen molar-refractivity contribution in [3.05, 3.63) is 90.0 Å². The van der Waals surface area contributed by atoms with E-state index >= 15 is 0 Å². The Kier molecular flexibility index (Phi) is 7.89. The molecule has 3 aromatic rings. The van der Waals surface area contributed by atoms with Gasteiger partial charge in [-0.05, 0) is 54.8 Å². The number of para-hydroxylation sites is 1.